The number of ether oxygens (including phenoxy) is 1. The van der Waals surface area contributed by atoms with Crippen molar-refractivity contribution in [3.63, 3.8) is 0 Å². The van der Waals surface area contributed by atoms with Gasteiger partial charge in [-0.25, -0.2) is 0 Å². The van der Waals surface area contributed by atoms with Crippen molar-refractivity contribution in [1.29, 1.82) is 0 Å². The molecule has 5 nitrogen and oxygen atoms in total. The first-order valence-electron chi connectivity index (χ1n) is 8.33. The average Bonchev–Trinajstić information content (AvgIpc) is 3.07. The van der Waals surface area contributed by atoms with E-state index in [1.807, 2.05) is 30.3 Å². The van der Waals surface area contributed by atoms with Gasteiger partial charge in [-0.15, -0.1) is 0 Å². The molecule has 1 aromatic carbocycles. The number of hydrogen-bond acceptors (Lipinski definition) is 3. The van der Waals surface area contributed by atoms with Crippen LogP contribution in [0.3, 0.4) is 0 Å². The van der Waals surface area contributed by atoms with Crippen molar-refractivity contribution < 1.29 is 14.3 Å². The lowest BCUT2D eigenvalue weighted by Gasteiger charge is -2.21. The summed E-state index contributed by atoms with van der Waals surface area (Å²) in [5, 5.41) is 2.89. The number of carbonyl (C=O) groups excluding carboxylic acids is 2. The van der Waals surface area contributed by atoms with Gasteiger partial charge in [-0.1, -0.05) is 30.3 Å². The molecule has 1 aliphatic heterocycles. The molecule has 1 aliphatic rings. The normalized spacial score (nSPS) is 17.0. The molecule has 0 aromatic heterocycles. The summed E-state index contributed by atoms with van der Waals surface area (Å²) < 4.78 is 5.48. The molecule has 0 spiro atoms. The summed E-state index contributed by atoms with van der Waals surface area (Å²) in [6, 6.07) is 10.1. The van der Waals surface area contributed by atoms with Crippen molar-refractivity contribution in [2.24, 2.45) is 0 Å². The Morgan fingerprint density at radius 1 is 1.26 bits per heavy atom. The van der Waals surface area contributed by atoms with E-state index in [0.717, 1.165) is 25.9 Å². The molecule has 1 N–H and O–H groups in total. The molecule has 1 heterocycles. The molecule has 2 amide bonds. The quantitative estimate of drug-likeness (QED) is 0.794. The number of rotatable bonds is 8. The molecule has 1 saturated heterocycles. The summed E-state index contributed by atoms with van der Waals surface area (Å²) in [4.78, 5) is 25.4. The van der Waals surface area contributed by atoms with Crippen LogP contribution in [-0.4, -0.2) is 49.1 Å². The smallest absolute Gasteiger partial charge is 0.221 e. The number of amides is 2. The Balaban J connectivity index is 1.69. The number of benzene rings is 1. The van der Waals surface area contributed by atoms with Gasteiger partial charge in [0.2, 0.25) is 11.8 Å². The Hall–Kier alpha value is -1.88. The highest BCUT2D eigenvalue weighted by Crippen LogP contribution is 2.10. The van der Waals surface area contributed by atoms with Crippen molar-refractivity contribution in [2.45, 2.75) is 38.7 Å². The molecule has 0 aliphatic carbocycles. The van der Waals surface area contributed by atoms with E-state index in [2.05, 4.69) is 5.32 Å². The second-order valence-electron chi connectivity index (χ2n) is 5.93. The monoisotopic (exact) mass is 318 g/mol. The van der Waals surface area contributed by atoms with Crippen molar-refractivity contribution in [3.05, 3.63) is 35.9 Å². The molecule has 1 fully saturated rings. The van der Waals surface area contributed by atoms with Gasteiger partial charge in [-0.2, -0.15) is 0 Å². The van der Waals surface area contributed by atoms with Crippen LogP contribution < -0.4 is 5.32 Å². The highest BCUT2D eigenvalue weighted by atomic mass is 16.5. The zero-order valence-corrected chi connectivity index (χ0v) is 13.8. The molecule has 0 saturated carbocycles. The molecular weight excluding hydrogens is 292 g/mol. The molecule has 1 aromatic rings. The molecule has 1 atom stereocenters. The summed E-state index contributed by atoms with van der Waals surface area (Å²) in [5.41, 5.74) is 1.20. The predicted octanol–water partition coefficient (Wildman–Crippen LogP) is 1.76. The first kappa shape index (κ1) is 17.5. The van der Waals surface area contributed by atoms with Gasteiger partial charge >= 0.3 is 0 Å². The number of hydrogen-bond donors (Lipinski definition) is 1. The Kier molecular flexibility index (Phi) is 7.07. The third-order valence-electron chi connectivity index (χ3n) is 4.12. The van der Waals surface area contributed by atoms with E-state index in [1.165, 1.54) is 5.56 Å². The van der Waals surface area contributed by atoms with Crippen LogP contribution in [0.15, 0.2) is 30.3 Å². The first-order chi connectivity index (χ1) is 11.1. The predicted molar refractivity (Wildman–Crippen MR) is 89.0 cm³/mol. The molecule has 23 heavy (non-hydrogen) atoms. The van der Waals surface area contributed by atoms with E-state index in [0.29, 0.717) is 26.1 Å². The SMILES string of the molecule is CC(=O)N(CCC(=O)NCC1CCCO1)CCc1ccccc1. The van der Waals surface area contributed by atoms with E-state index in [9.17, 15) is 9.59 Å². The van der Waals surface area contributed by atoms with Crippen LogP contribution in [0.2, 0.25) is 0 Å². The minimum Gasteiger partial charge on any atom is -0.376 e. The first-order valence-corrected chi connectivity index (χ1v) is 8.33. The maximum atomic E-state index is 11.9. The third kappa shape index (κ3) is 6.40. The standard InChI is InChI=1S/C18H26N2O3/c1-15(21)20(11-9-16-6-3-2-4-7-16)12-10-18(22)19-14-17-8-5-13-23-17/h2-4,6-7,17H,5,8-14H2,1H3,(H,19,22). The van der Waals surface area contributed by atoms with Crippen molar-refractivity contribution >= 4 is 11.8 Å². The van der Waals surface area contributed by atoms with Crippen molar-refractivity contribution in [3.8, 4) is 0 Å². The summed E-state index contributed by atoms with van der Waals surface area (Å²) in [5.74, 6) is -0.0145. The second kappa shape index (κ2) is 9.30. The van der Waals surface area contributed by atoms with Crippen LogP contribution in [0, 0.1) is 0 Å². The van der Waals surface area contributed by atoms with Gasteiger partial charge in [-0.3, -0.25) is 9.59 Å². The minimum atomic E-state index is -0.0218. The van der Waals surface area contributed by atoms with Crippen molar-refractivity contribution in [1.82, 2.24) is 10.2 Å². The van der Waals surface area contributed by atoms with E-state index in [-0.39, 0.29) is 17.9 Å². The highest BCUT2D eigenvalue weighted by molar-refractivity contribution is 5.78. The average molecular weight is 318 g/mol. The van der Waals surface area contributed by atoms with E-state index in [1.54, 1.807) is 11.8 Å². The van der Waals surface area contributed by atoms with Gasteiger partial charge in [0.15, 0.2) is 0 Å². The third-order valence-corrected chi connectivity index (χ3v) is 4.12. The minimum absolute atomic E-state index is 0.00728. The Morgan fingerprint density at radius 2 is 2.04 bits per heavy atom. The Labute approximate surface area is 138 Å². The van der Waals surface area contributed by atoms with Crippen LogP contribution in [0.5, 0.6) is 0 Å². The van der Waals surface area contributed by atoms with Crippen LogP contribution in [0.25, 0.3) is 0 Å². The summed E-state index contributed by atoms with van der Waals surface area (Å²) >= 11 is 0. The number of nitrogens with one attached hydrogen (secondary N) is 1. The van der Waals surface area contributed by atoms with E-state index >= 15 is 0 Å². The van der Waals surface area contributed by atoms with Crippen LogP contribution in [-0.2, 0) is 20.7 Å². The lowest BCUT2D eigenvalue weighted by molar-refractivity contribution is -0.129. The van der Waals surface area contributed by atoms with Gasteiger partial charge in [-0.05, 0) is 24.8 Å². The summed E-state index contributed by atoms with van der Waals surface area (Å²) in [7, 11) is 0. The van der Waals surface area contributed by atoms with Crippen molar-refractivity contribution in [2.75, 3.05) is 26.2 Å². The molecule has 1 unspecified atom stereocenters. The van der Waals surface area contributed by atoms with Gasteiger partial charge in [0, 0.05) is 39.6 Å². The lowest BCUT2D eigenvalue weighted by Crippen LogP contribution is -2.37. The highest BCUT2D eigenvalue weighted by Gasteiger charge is 2.17. The fourth-order valence-corrected chi connectivity index (χ4v) is 2.69. The molecule has 126 valence electrons. The molecular formula is C18H26N2O3. The zero-order valence-electron chi connectivity index (χ0n) is 13.8. The lowest BCUT2D eigenvalue weighted by atomic mass is 10.1. The van der Waals surface area contributed by atoms with E-state index < -0.39 is 0 Å². The van der Waals surface area contributed by atoms with Gasteiger partial charge in [0.1, 0.15) is 0 Å². The summed E-state index contributed by atoms with van der Waals surface area (Å²) in [6.45, 7) is 4.01. The van der Waals surface area contributed by atoms with Crippen LogP contribution in [0.4, 0.5) is 0 Å². The Bertz CT molecular complexity index is 498. The topological polar surface area (TPSA) is 58.6 Å². The maximum absolute atomic E-state index is 11.9. The fraction of sp³-hybridized carbons (Fsp3) is 0.556. The Morgan fingerprint density at radius 3 is 2.70 bits per heavy atom. The largest absolute Gasteiger partial charge is 0.376 e. The van der Waals surface area contributed by atoms with Crippen LogP contribution in [0.1, 0.15) is 31.7 Å². The molecule has 0 bridgehead atoms. The van der Waals surface area contributed by atoms with Crippen LogP contribution >= 0.6 is 0 Å². The molecule has 5 heteroatoms. The summed E-state index contributed by atoms with van der Waals surface area (Å²) in [6.07, 6.45) is 3.37. The van der Waals surface area contributed by atoms with Gasteiger partial charge in [0.25, 0.3) is 0 Å². The second-order valence-corrected chi connectivity index (χ2v) is 5.93. The molecule has 2 rings (SSSR count). The van der Waals surface area contributed by atoms with Gasteiger partial charge in [0.05, 0.1) is 6.10 Å². The number of carbonyl (C=O) groups is 2. The van der Waals surface area contributed by atoms with Gasteiger partial charge < -0.3 is 15.0 Å². The molecule has 0 radical (unpaired) electrons. The van der Waals surface area contributed by atoms with E-state index in [4.69, 9.17) is 4.74 Å². The zero-order chi connectivity index (χ0) is 16.5. The fourth-order valence-electron chi connectivity index (χ4n) is 2.69. The maximum Gasteiger partial charge on any atom is 0.221 e. The number of nitrogens with zero attached hydrogens (tertiary/aromatic N) is 1.